The SMILES string of the molecule is CN1CCc2cccc(OC3CC(n4cc(F)c5c(N)ccnc54)[C@H](O)[C@@H]3O)c2C1.CN1Cc2cccc(OC3CC(n4cc(F)c5c(N)ccnc54)[C@H](O)[C@@H]3O)c2C1.Cc1cc2c(c(OC3CC(n4cc(C)c5c(C)ncnc54)[C@H](O)[C@@H]3O)c1)CCCC2.Cc1ccnc2c1c(F)cn2C1CC(Oc2cc(C#N)cc3c2CNCC3)[C@@H](O)[C@H]1O.O[C@@H]1C(Oc2cccc3c2CNCC3)CC(n2ccc3cccnc32)[C@@H]1O. The number of ether oxygens (including phenoxy) is 5. The highest BCUT2D eigenvalue weighted by Crippen LogP contribution is 2.47. The van der Waals surface area contributed by atoms with Crippen LogP contribution in [-0.2, 0) is 64.8 Å². The fourth-order valence-electron chi connectivity index (χ4n) is 23.8. The van der Waals surface area contributed by atoms with Gasteiger partial charge < -0.3 is 125 Å². The summed E-state index contributed by atoms with van der Waals surface area (Å²) in [4.78, 5) is 30.4. The zero-order chi connectivity index (χ0) is 102. The number of nitrogens with one attached hydrogen (secondary N) is 2. The summed E-state index contributed by atoms with van der Waals surface area (Å²) in [6, 6.07) is 36.3. The van der Waals surface area contributed by atoms with Crippen molar-refractivity contribution >= 4 is 66.5 Å². The van der Waals surface area contributed by atoms with E-state index in [0.29, 0.717) is 65.9 Å². The van der Waals surface area contributed by atoms with Crippen molar-refractivity contribution in [1.82, 2.24) is 73.2 Å². The first-order valence-corrected chi connectivity index (χ1v) is 50.6. The number of aryl methyl sites for hydroxylation is 5. The highest BCUT2D eigenvalue weighted by atomic mass is 19.1. The van der Waals surface area contributed by atoms with Gasteiger partial charge in [0, 0.05) is 172 Å². The van der Waals surface area contributed by atoms with Gasteiger partial charge in [0.25, 0.3) is 0 Å². The van der Waals surface area contributed by atoms with Crippen molar-refractivity contribution in [2.24, 2.45) is 0 Å². The van der Waals surface area contributed by atoms with Gasteiger partial charge in [-0.3, -0.25) is 4.90 Å². The number of hydrogen-bond acceptors (Lipinski definition) is 28. The predicted molar refractivity (Wildman–Crippen MR) is 544 cm³/mol. The lowest BCUT2D eigenvalue weighted by Crippen LogP contribution is -2.35. The zero-order valence-corrected chi connectivity index (χ0v) is 82.5. The number of hydrogen-bond donors (Lipinski definition) is 14. The normalized spacial score (nSPS) is 26.5. The second kappa shape index (κ2) is 41.5. The number of nitriles is 1. The number of likely N-dealkylation sites (N-methyl/N-ethyl adjacent to an activating group) is 1. The standard InChI is InChI=1S/C24H29N3O3.C23H23FN4O3.C22H25FN4O3.C21H23FN4O3.C21H23N3O3/c1-13-8-16-6-4-5-7-17(16)19(9-13)30-20-10-18(22(28)23(20)29)27-11-14(2)21-15(3)25-12-26-24(21)27;1-12-2-5-27-23-20(12)16(24)11-28(23)17-8-19(22(30)21(17)29)31-18-7-13(9-25)6-14-3-4-26-10-15(14)18;1-26-8-6-12-3-2-4-17(13(12)10-26)30-18-9-16(20(28)21(18)29)27-11-14(23)19-15(24)5-7-25-22(19)27;1-25-8-11-3-2-4-16(12(11)9-25)29-17-7-15(19(27)20(17)28)26-10-13(22)18-14(23)5-6-24-21(18)26;25-19-16(24-10-7-14-4-2-8-23-21(14)24)11-18(20(19)26)27-17-5-1-3-13-6-9-22-12-15(13)17/h8-9,11-12,18,20,22-23,28-29H,4-7,10H2,1-3H3;2,5-7,11,17,19,21-22,26,29-30H,3-4,8,10H2,1H3;2-5,7,11,16,18,20-21,28-29H,6,8-10H2,1H3,(H2,24,25);2-6,10,15,17,19-20,27-28H,7-9H2,1H3,(H2,23,24);1-5,7-8,10,16,18-20,22,25-26H,6,9,11-12H2/t18?,20?,22-,23+;17?,19?,21-,22+;16?,18?,20-,21+;15?,17?,19-,20+;16?,18?,19-,20+/m00000/s1. The molecular weight excluding hydrogens is 1880 g/mol. The van der Waals surface area contributed by atoms with Gasteiger partial charge in [-0.2, -0.15) is 5.26 Å². The van der Waals surface area contributed by atoms with E-state index in [4.69, 9.17) is 35.2 Å². The van der Waals surface area contributed by atoms with Crippen LogP contribution in [0.25, 0.3) is 55.2 Å². The first-order chi connectivity index (χ1) is 71.0. The molecule has 4 aliphatic heterocycles. The minimum atomic E-state index is -1.16. The second-order valence-corrected chi connectivity index (χ2v) is 40.9. The largest absolute Gasteiger partial charge is 0.487 e. The van der Waals surface area contributed by atoms with Crippen LogP contribution in [-0.4, -0.2) is 239 Å². The molecule has 14 heterocycles. The molecule has 0 radical (unpaired) electrons. The number of aromatic nitrogens is 11. The maximum absolute atomic E-state index is 14.6. The monoisotopic (exact) mass is 2000 g/mol. The Morgan fingerprint density at radius 3 is 1.36 bits per heavy atom. The predicted octanol–water partition coefficient (Wildman–Crippen LogP) is 10.9. The van der Waals surface area contributed by atoms with Gasteiger partial charge in [0.1, 0.15) is 155 Å². The lowest BCUT2D eigenvalue weighted by molar-refractivity contribution is -0.0168. The van der Waals surface area contributed by atoms with Crippen LogP contribution in [0.4, 0.5) is 24.5 Å². The van der Waals surface area contributed by atoms with Gasteiger partial charge in [0.15, 0.2) is 17.5 Å². The third-order valence-electron chi connectivity index (χ3n) is 31.4. The quantitative estimate of drug-likeness (QED) is 0.0453. The summed E-state index contributed by atoms with van der Waals surface area (Å²) in [5, 5.41) is 126. The molecule has 5 aromatic carbocycles. The van der Waals surface area contributed by atoms with Gasteiger partial charge in [-0.25, -0.2) is 43.1 Å². The number of pyridine rings is 4. The molecule has 0 amide bonds. The average Bonchev–Trinajstić information content (AvgIpc) is 1.75. The number of halogens is 3. The maximum atomic E-state index is 14.6. The molecule has 10 unspecified atom stereocenters. The van der Waals surface area contributed by atoms with E-state index in [1.165, 1.54) is 89.3 Å². The highest BCUT2D eigenvalue weighted by molar-refractivity contribution is 5.90. The summed E-state index contributed by atoms with van der Waals surface area (Å²) in [6.45, 7) is 14.5. The number of nitrogen functional groups attached to an aromatic ring is 2. The van der Waals surface area contributed by atoms with Crippen LogP contribution in [0, 0.1) is 56.5 Å². The van der Waals surface area contributed by atoms with Gasteiger partial charge >= 0.3 is 0 Å². The fraction of sp³-hybridized carbons (Fsp3) is 0.414. The summed E-state index contributed by atoms with van der Waals surface area (Å²) in [7, 11) is 4.10. The Morgan fingerprint density at radius 2 is 0.810 bits per heavy atom. The van der Waals surface area contributed by atoms with Gasteiger partial charge in [0.05, 0.1) is 63.7 Å². The molecule has 15 aromatic rings. The lowest BCUT2D eigenvalue weighted by Gasteiger charge is -2.28. The second-order valence-electron chi connectivity index (χ2n) is 40.9. The van der Waals surface area contributed by atoms with E-state index in [0.717, 1.165) is 168 Å². The first kappa shape index (κ1) is 99.8. The highest BCUT2D eigenvalue weighted by Gasteiger charge is 2.51. The van der Waals surface area contributed by atoms with Crippen molar-refractivity contribution < 1.29 is 87.9 Å². The molecule has 16 N–H and O–H groups in total. The van der Waals surface area contributed by atoms with Crippen molar-refractivity contribution in [2.75, 3.05) is 45.2 Å². The van der Waals surface area contributed by atoms with E-state index in [1.807, 2.05) is 110 Å². The number of fused-ring (bicyclic) bond motifs is 10. The smallest absolute Gasteiger partial charge is 0.152 e. The van der Waals surface area contributed by atoms with Crippen LogP contribution in [0.15, 0.2) is 177 Å². The van der Waals surface area contributed by atoms with E-state index in [2.05, 4.69) is 101 Å². The molecule has 25 rings (SSSR count). The molecule has 5 saturated carbocycles. The maximum Gasteiger partial charge on any atom is 0.152 e. The summed E-state index contributed by atoms with van der Waals surface area (Å²) < 4.78 is 83.3. The van der Waals surface area contributed by atoms with Crippen LogP contribution < -0.4 is 45.8 Å². The molecule has 36 heteroatoms. The number of aliphatic hydroxyl groups is 10. The molecule has 6 aliphatic carbocycles. The first-order valence-electron chi connectivity index (χ1n) is 50.6. The molecule has 10 aromatic heterocycles. The van der Waals surface area contributed by atoms with Crippen molar-refractivity contribution in [1.29, 1.82) is 5.26 Å². The minimum absolute atomic E-state index is 0.225. The van der Waals surface area contributed by atoms with Crippen molar-refractivity contribution in [3.05, 3.63) is 278 Å². The third-order valence-corrected chi connectivity index (χ3v) is 31.4. The molecule has 0 saturated heterocycles. The zero-order valence-electron chi connectivity index (χ0n) is 82.5. The number of nitrogens with two attached hydrogens (primary N) is 2. The lowest BCUT2D eigenvalue weighted by atomic mass is 9.89. The van der Waals surface area contributed by atoms with Crippen LogP contribution in [0.5, 0.6) is 28.7 Å². The van der Waals surface area contributed by atoms with Crippen molar-refractivity contribution in [3.63, 3.8) is 0 Å². The number of anilines is 2. The molecular formula is C111H123F3N18O15. The Balaban J connectivity index is 0.000000108. The molecule has 33 nitrogen and oxygen atoms in total. The van der Waals surface area contributed by atoms with Crippen molar-refractivity contribution in [3.8, 4) is 34.8 Å². The number of aliphatic hydroxyl groups excluding tert-OH is 10. The van der Waals surface area contributed by atoms with E-state index in [-0.39, 0.29) is 40.7 Å². The topological polar surface area (TPSA) is 457 Å². The molecule has 20 atom stereocenters. The number of benzene rings is 5. The minimum Gasteiger partial charge on any atom is -0.487 e. The molecule has 768 valence electrons. The summed E-state index contributed by atoms with van der Waals surface area (Å²) >= 11 is 0. The number of nitrogens with zero attached hydrogens (tertiary/aromatic N) is 14. The molecule has 0 bridgehead atoms. The van der Waals surface area contributed by atoms with Gasteiger partial charge in [-0.05, 0) is 223 Å². The van der Waals surface area contributed by atoms with Crippen molar-refractivity contribution in [2.45, 2.75) is 259 Å². The van der Waals surface area contributed by atoms with E-state index in [9.17, 15) is 69.5 Å². The van der Waals surface area contributed by atoms with Gasteiger partial charge in [-0.1, -0.05) is 42.5 Å². The Bertz CT molecular complexity index is 7480. The van der Waals surface area contributed by atoms with Gasteiger partial charge in [0.2, 0.25) is 0 Å². The Labute approximate surface area is 846 Å². The van der Waals surface area contributed by atoms with Crippen LogP contribution in [0.3, 0.4) is 0 Å². The average molecular weight is 2010 g/mol. The Kier molecular flexibility index (Phi) is 28.2. The van der Waals surface area contributed by atoms with Crippen LogP contribution >= 0.6 is 0 Å². The van der Waals surface area contributed by atoms with E-state index < -0.39 is 127 Å². The summed E-state index contributed by atoms with van der Waals surface area (Å²) in [5.41, 5.74) is 31.3. The van der Waals surface area contributed by atoms with E-state index in [1.54, 1.807) is 44.6 Å². The van der Waals surface area contributed by atoms with Crippen LogP contribution in [0.2, 0.25) is 0 Å². The van der Waals surface area contributed by atoms with Crippen LogP contribution in [0.1, 0.15) is 159 Å². The molecule has 147 heavy (non-hydrogen) atoms. The van der Waals surface area contributed by atoms with E-state index >= 15 is 0 Å². The van der Waals surface area contributed by atoms with Gasteiger partial charge in [-0.15, -0.1) is 0 Å². The summed E-state index contributed by atoms with van der Waals surface area (Å²) in [6.07, 6.45) is 11.6. The third kappa shape index (κ3) is 19.1. The Hall–Kier alpha value is -13.2. The molecule has 10 aliphatic rings. The fourth-order valence-corrected chi connectivity index (χ4v) is 23.8. The molecule has 0 spiro atoms. The Morgan fingerprint density at radius 1 is 0.374 bits per heavy atom. The summed E-state index contributed by atoms with van der Waals surface area (Å²) in [5.74, 6) is 2.24. The molecule has 5 fully saturated rings. The number of rotatable bonds is 15.